The molecule has 0 heterocycles. The molecule has 1 aromatic rings. The van der Waals surface area contributed by atoms with Crippen LogP contribution in [0.15, 0.2) is 18.2 Å². The zero-order valence-corrected chi connectivity index (χ0v) is 15.3. The summed E-state index contributed by atoms with van der Waals surface area (Å²) in [4.78, 5) is 23.5. The molecule has 1 aromatic carbocycles. The third kappa shape index (κ3) is 6.21. The second kappa shape index (κ2) is 8.53. The largest absolute Gasteiger partial charge is 0.416 e. The van der Waals surface area contributed by atoms with E-state index < -0.39 is 29.1 Å². The SMILES string of the molecule is CC(=O)Nc1cc(C(=O)NC(C)(CN)C(C)C)cc(C(F)(F)F)c1.Cl. The van der Waals surface area contributed by atoms with Gasteiger partial charge in [0.15, 0.2) is 0 Å². The lowest BCUT2D eigenvalue weighted by Crippen LogP contribution is -2.55. The number of nitrogens with two attached hydrogens (primary N) is 1. The molecule has 0 fully saturated rings. The molecule has 2 amide bonds. The van der Waals surface area contributed by atoms with Crippen LogP contribution in [0.5, 0.6) is 0 Å². The first-order chi connectivity index (χ1) is 10.9. The smallest absolute Gasteiger partial charge is 0.345 e. The third-order valence-electron chi connectivity index (χ3n) is 3.94. The maximum absolute atomic E-state index is 13.0. The Hall–Kier alpha value is -1.80. The molecule has 5 nitrogen and oxygen atoms in total. The maximum atomic E-state index is 13.0. The Labute approximate surface area is 150 Å². The minimum Gasteiger partial charge on any atom is -0.345 e. The number of halogens is 4. The molecule has 0 saturated heterocycles. The molecule has 0 aliphatic heterocycles. The topological polar surface area (TPSA) is 84.2 Å². The van der Waals surface area contributed by atoms with Crippen LogP contribution in [-0.4, -0.2) is 23.9 Å². The molecule has 0 aliphatic rings. The monoisotopic (exact) mass is 381 g/mol. The summed E-state index contributed by atoms with van der Waals surface area (Å²) in [6, 6.07) is 2.73. The quantitative estimate of drug-likeness (QED) is 0.732. The Bertz CT molecular complexity index is 636. The van der Waals surface area contributed by atoms with Crippen LogP contribution in [-0.2, 0) is 11.0 Å². The minimum atomic E-state index is -4.64. The molecular formula is C16H23ClF3N3O2. The molecule has 142 valence electrons. The number of alkyl halides is 3. The van der Waals surface area contributed by atoms with Crippen molar-refractivity contribution in [3.8, 4) is 0 Å². The Kier molecular flexibility index (Phi) is 7.92. The van der Waals surface area contributed by atoms with E-state index in [0.29, 0.717) is 0 Å². The second-order valence-electron chi connectivity index (χ2n) is 6.21. The van der Waals surface area contributed by atoms with Crippen molar-refractivity contribution in [2.24, 2.45) is 11.7 Å². The molecule has 25 heavy (non-hydrogen) atoms. The predicted octanol–water partition coefficient (Wildman–Crippen LogP) is 3.19. The highest BCUT2D eigenvalue weighted by Gasteiger charge is 2.33. The van der Waals surface area contributed by atoms with Gasteiger partial charge in [-0.1, -0.05) is 13.8 Å². The van der Waals surface area contributed by atoms with E-state index in [2.05, 4.69) is 10.6 Å². The maximum Gasteiger partial charge on any atom is 0.416 e. The summed E-state index contributed by atoms with van der Waals surface area (Å²) in [5, 5.41) is 4.94. The summed E-state index contributed by atoms with van der Waals surface area (Å²) in [6.45, 7) is 6.72. The molecule has 4 N–H and O–H groups in total. The number of carbonyl (C=O) groups is 2. The van der Waals surface area contributed by atoms with Crippen LogP contribution in [0.4, 0.5) is 18.9 Å². The molecule has 0 saturated carbocycles. The van der Waals surface area contributed by atoms with Crippen molar-refractivity contribution >= 4 is 29.9 Å². The summed E-state index contributed by atoms with van der Waals surface area (Å²) in [5.74, 6) is -1.24. The summed E-state index contributed by atoms with van der Waals surface area (Å²) in [7, 11) is 0. The van der Waals surface area contributed by atoms with Crippen molar-refractivity contribution in [3.05, 3.63) is 29.3 Å². The number of nitrogens with one attached hydrogen (secondary N) is 2. The second-order valence-corrected chi connectivity index (χ2v) is 6.21. The zero-order chi connectivity index (χ0) is 18.7. The van der Waals surface area contributed by atoms with E-state index >= 15 is 0 Å². The average Bonchev–Trinajstić information content (AvgIpc) is 2.44. The van der Waals surface area contributed by atoms with E-state index in [9.17, 15) is 22.8 Å². The lowest BCUT2D eigenvalue weighted by atomic mass is 9.88. The van der Waals surface area contributed by atoms with E-state index in [1.807, 2.05) is 13.8 Å². The van der Waals surface area contributed by atoms with Gasteiger partial charge in [0.05, 0.1) is 11.1 Å². The van der Waals surface area contributed by atoms with Gasteiger partial charge in [-0.05, 0) is 31.0 Å². The van der Waals surface area contributed by atoms with Crippen molar-refractivity contribution in [3.63, 3.8) is 0 Å². The van der Waals surface area contributed by atoms with Crippen molar-refractivity contribution in [1.29, 1.82) is 0 Å². The van der Waals surface area contributed by atoms with Gasteiger partial charge < -0.3 is 16.4 Å². The van der Waals surface area contributed by atoms with Crippen molar-refractivity contribution in [1.82, 2.24) is 5.32 Å². The Morgan fingerprint density at radius 3 is 2.16 bits per heavy atom. The van der Waals surface area contributed by atoms with E-state index in [1.165, 1.54) is 13.0 Å². The van der Waals surface area contributed by atoms with Gasteiger partial charge in [0.1, 0.15) is 0 Å². The normalized spacial score (nSPS) is 13.6. The lowest BCUT2D eigenvalue weighted by molar-refractivity contribution is -0.137. The van der Waals surface area contributed by atoms with Gasteiger partial charge in [0.25, 0.3) is 5.91 Å². The van der Waals surface area contributed by atoms with Gasteiger partial charge in [-0.3, -0.25) is 9.59 Å². The summed E-state index contributed by atoms with van der Waals surface area (Å²) in [5.41, 5.74) is 3.60. The number of amides is 2. The summed E-state index contributed by atoms with van der Waals surface area (Å²) < 4.78 is 39.0. The van der Waals surface area contributed by atoms with Crippen LogP contribution in [0.3, 0.4) is 0 Å². The van der Waals surface area contributed by atoms with Crippen LogP contribution in [0.25, 0.3) is 0 Å². The molecule has 1 rings (SSSR count). The van der Waals surface area contributed by atoms with Crippen molar-refractivity contribution in [2.75, 3.05) is 11.9 Å². The Morgan fingerprint density at radius 1 is 1.20 bits per heavy atom. The number of rotatable bonds is 5. The van der Waals surface area contributed by atoms with Crippen LogP contribution >= 0.6 is 12.4 Å². The van der Waals surface area contributed by atoms with Crippen LogP contribution in [0.1, 0.15) is 43.6 Å². The Balaban J connectivity index is 0.00000576. The van der Waals surface area contributed by atoms with Gasteiger partial charge in [0.2, 0.25) is 5.91 Å². The van der Waals surface area contributed by atoms with E-state index in [1.54, 1.807) is 6.92 Å². The fourth-order valence-corrected chi connectivity index (χ4v) is 1.96. The number of benzene rings is 1. The van der Waals surface area contributed by atoms with Crippen molar-refractivity contribution < 1.29 is 22.8 Å². The average molecular weight is 382 g/mol. The molecule has 0 bridgehead atoms. The summed E-state index contributed by atoms with van der Waals surface area (Å²) in [6.07, 6.45) is -4.64. The van der Waals surface area contributed by atoms with Crippen LogP contribution in [0, 0.1) is 5.92 Å². The number of carbonyl (C=O) groups excluding carboxylic acids is 2. The first kappa shape index (κ1) is 23.2. The molecule has 0 aliphatic carbocycles. The predicted molar refractivity (Wildman–Crippen MR) is 92.8 cm³/mol. The van der Waals surface area contributed by atoms with Gasteiger partial charge in [0, 0.05) is 24.7 Å². The van der Waals surface area contributed by atoms with Crippen LogP contribution in [0.2, 0.25) is 0 Å². The molecule has 1 atom stereocenters. The van der Waals surface area contributed by atoms with Gasteiger partial charge >= 0.3 is 6.18 Å². The Morgan fingerprint density at radius 2 is 1.76 bits per heavy atom. The summed E-state index contributed by atoms with van der Waals surface area (Å²) >= 11 is 0. The first-order valence-corrected chi connectivity index (χ1v) is 7.41. The van der Waals surface area contributed by atoms with Crippen molar-refractivity contribution in [2.45, 2.75) is 39.4 Å². The number of anilines is 1. The molecular weight excluding hydrogens is 359 g/mol. The van der Waals surface area contributed by atoms with Gasteiger partial charge in [-0.25, -0.2) is 0 Å². The fourth-order valence-electron chi connectivity index (χ4n) is 1.96. The highest BCUT2D eigenvalue weighted by molar-refractivity contribution is 5.97. The van der Waals surface area contributed by atoms with E-state index in [0.717, 1.165) is 12.1 Å². The highest BCUT2D eigenvalue weighted by atomic mass is 35.5. The first-order valence-electron chi connectivity index (χ1n) is 7.41. The third-order valence-corrected chi connectivity index (χ3v) is 3.94. The number of hydrogen-bond donors (Lipinski definition) is 3. The number of hydrogen-bond acceptors (Lipinski definition) is 3. The van der Waals surface area contributed by atoms with E-state index in [4.69, 9.17) is 5.73 Å². The highest BCUT2D eigenvalue weighted by Crippen LogP contribution is 2.32. The minimum absolute atomic E-state index is 0. The van der Waals surface area contributed by atoms with Gasteiger partial charge in [-0.15, -0.1) is 12.4 Å². The molecule has 0 aromatic heterocycles. The standard InChI is InChI=1S/C16H22F3N3O2.ClH/c1-9(2)15(4,8-20)22-14(24)11-5-12(16(17,18)19)7-13(6-11)21-10(3)23;/h5-7,9H,8,20H2,1-4H3,(H,21,23)(H,22,24);1H. The molecule has 0 radical (unpaired) electrons. The zero-order valence-electron chi connectivity index (χ0n) is 14.5. The molecule has 9 heteroatoms. The van der Waals surface area contributed by atoms with Crippen LogP contribution < -0.4 is 16.4 Å². The van der Waals surface area contributed by atoms with E-state index in [-0.39, 0.29) is 36.1 Å². The molecule has 0 spiro atoms. The fraction of sp³-hybridized carbons (Fsp3) is 0.500. The van der Waals surface area contributed by atoms with Gasteiger partial charge in [-0.2, -0.15) is 13.2 Å². The molecule has 1 unspecified atom stereocenters. The lowest BCUT2D eigenvalue weighted by Gasteiger charge is -2.33.